The van der Waals surface area contributed by atoms with Gasteiger partial charge in [-0.05, 0) is 24.6 Å². The van der Waals surface area contributed by atoms with Gasteiger partial charge in [-0.25, -0.2) is 4.98 Å². The van der Waals surface area contributed by atoms with Gasteiger partial charge < -0.3 is 5.73 Å². The summed E-state index contributed by atoms with van der Waals surface area (Å²) in [6.07, 6.45) is 1.31. The van der Waals surface area contributed by atoms with Gasteiger partial charge in [-0.2, -0.15) is 4.39 Å². The number of amides is 1. The van der Waals surface area contributed by atoms with E-state index in [4.69, 9.17) is 5.73 Å². The number of halogens is 1. The van der Waals surface area contributed by atoms with Crippen LogP contribution in [-0.2, 0) is 4.79 Å². The molecule has 0 spiro atoms. The Labute approximate surface area is 69.4 Å². The second kappa shape index (κ2) is 3.30. The van der Waals surface area contributed by atoms with Crippen LogP contribution in [0.5, 0.6) is 0 Å². The summed E-state index contributed by atoms with van der Waals surface area (Å²) in [4.78, 5) is 14.1. The molecule has 1 aromatic rings. The van der Waals surface area contributed by atoms with E-state index in [9.17, 15) is 9.18 Å². The lowest BCUT2D eigenvalue weighted by Crippen LogP contribution is -2.18. The molecule has 1 heterocycles. The van der Waals surface area contributed by atoms with Crippen LogP contribution in [0.25, 0.3) is 0 Å². The van der Waals surface area contributed by atoms with Crippen LogP contribution in [0, 0.1) is 5.95 Å². The molecule has 0 bridgehead atoms. The topological polar surface area (TPSA) is 56.0 Å². The Morgan fingerprint density at radius 3 is 2.92 bits per heavy atom. The quantitative estimate of drug-likeness (QED) is 0.664. The standard InChI is InChI=1S/C8H9FN2O/c1-5(8(10)12)6-2-3-11-7(9)4-6/h2-5H,1H3,(H2,10,12). The Morgan fingerprint density at radius 2 is 2.42 bits per heavy atom. The second-order valence-electron chi connectivity index (χ2n) is 2.54. The van der Waals surface area contributed by atoms with Crippen molar-refractivity contribution >= 4 is 5.91 Å². The first-order valence-electron chi connectivity index (χ1n) is 3.52. The van der Waals surface area contributed by atoms with Gasteiger partial charge in [0.05, 0.1) is 5.92 Å². The second-order valence-corrected chi connectivity index (χ2v) is 2.54. The molecule has 0 aliphatic rings. The molecule has 4 heteroatoms. The van der Waals surface area contributed by atoms with Crippen molar-refractivity contribution in [1.29, 1.82) is 0 Å². The van der Waals surface area contributed by atoms with E-state index in [1.807, 2.05) is 0 Å². The predicted molar refractivity (Wildman–Crippen MR) is 41.8 cm³/mol. The fraction of sp³-hybridized carbons (Fsp3) is 0.250. The van der Waals surface area contributed by atoms with Crippen molar-refractivity contribution in [3.8, 4) is 0 Å². The van der Waals surface area contributed by atoms with Crippen molar-refractivity contribution in [2.75, 3.05) is 0 Å². The molecule has 1 aromatic heterocycles. The highest BCUT2D eigenvalue weighted by Gasteiger charge is 2.11. The number of hydrogen-bond donors (Lipinski definition) is 1. The molecule has 1 unspecified atom stereocenters. The molecule has 1 rings (SSSR count). The first kappa shape index (κ1) is 8.64. The number of hydrogen-bond acceptors (Lipinski definition) is 2. The number of carbonyl (C=O) groups excluding carboxylic acids is 1. The van der Waals surface area contributed by atoms with E-state index >= 15 is 0 Å². The van der Waals surface area contributed by atoms with E-state index in [0.29, 0.717) is 5.56 Å². The zero-order chi connectivity index (χ0) is 9.14. The molecule has 0 aliphatic carbocycles. The molecular formula is C8H9FN2O. The van der Waals surface area contributed by atoms with Crippen LogP contribution in [0.1, 0.15) is 18.4 Å². The summed E-state index contributed by atoms with van der Waals surface area (Å²) in [6, 6.07) is 2.77. The third kappa shape index (κ3) is 1.78. The number of nitrogens with zero attached hydrogens (tertiary/aromatic N) is 1. The highest BCUT2D eigenvalue weighted by Crippen LogP contribution is 2.13. The molecule has 0 aliphatic heterocycles. The summed E-state index contributed by atoms with van der Waals surface area (Å²) in [5.41, 5.74) is 5.59. The highest BCUT2D eigenvalue weighted by atomic mass is 19.1. The highest BCUT2D eigenvalue weighted by molar-refractivity contribution is 5.81. The maximum absolute atomic E-state index is 12.5. The summed E-state index contributed by atoms with van der Waals surface area (Å²) in [7, 11) is 0. The van der Waals surface area contributed by atoms with Crippen LogP contribution < -0.4 is 5.73 Å². The van der Waals surface area contributed by atoms with Crippen LogP contribution in [0.3, 0.4) is 0 Å². The summed E-state index contributed by atoms with van der Waals surface area (Å²) in [5, 5.41) is 0. The molecule has 12 heavy (non-hydrogen) atoms. The Kier molecular flexibility index (Phi) is 2.38. The van der Waals surface area contributed by atoms with Gasteiger partial charge in [-0.1, -0.05) is 0 Å². The summed E-state index contributed by atoms with van der Waals surface area (Å²) in [5.74, 6) is -1.54. The van der Waals surface area contributed by atoms with Gasteiger partial charge in [0.2, 0.25) is 11.9 Å². The maximum Gasteiger partial charge on any atom is 0.224 e. The lowest BCUT2D eigenvalue weighted by Gasteiger charge is -2.05. The summed E-state index contributed by atoms with van der Waals surface area (Å²) in [6.45, 7) is 1.62. The lowest BCUT2D eigenvalue weighted by atomic mass is 10.0. The third-order valence-corrected chi connectivity index (χ3v) is 1.68. The molecule has 3 nitrogen and oxygen atoms in total. The molecule has 0 fully saturated rings. The fourth-order valence-electron chi connectivity index (χ4n) is 0.851. The van der Waals surface area contributed by atoms with Gasteiger partial charge >= 0.3 is 0 Å². The van der Waals surface area contributed by atoms with Gasteiger partial charge in [0.1, 0.15) is 0 Å². The minimum Gasteiger partial charge on any atom is -0.369 e. The molecule has 0 aromatic carbocycles. The van der Waals surface area contributed by atoms with Crippen molar-refractivity contribution in [3.05, 3.63) is 29.8 Å². The third-order valence-electron chi connectivity index (χ3n) is 1.68. The first-order valence-corrected chi connectivity index (χ1v) is 3.52. The Balaban J connectivity index is 2.95. The van der Waals surface area contributed by atoms with E-state index in [-0.39, 0.29) is 0 Å². The smallest absolute Gasteiger partial charge is 0.224 e. The minimum absolute atomic E-state index is 0.470. The van der Waals surface area contributed by atoms with Crippen LogP contribution in [0.15, 0.2) is 18.3 Å². The summed E-state index contributed by atoms with van der Waals surface area (Å²) < 4.78 is 12.5. The number of carbonyl (C=O) groups is 1. The predicted octanol–water partition coefficient (Wildman–Crippen LogP) is 0.809. The summed E-state index contributed by atoms with van der Waals surface area (Å²) >= 11 is 0. The maximum atomic E-state index is 12.5. The van der Waals surface area contributed by atoms with Crippen LogP contribution in [0.2, 0.25) is 0 Å². The van der Waals surface area contributed by atoms with Crippen LogP contribution in [0.4, 0.5) is 4.39 Å². The Bertz CT molecular complexity index is 301. The van der Waals surface area contributed by atoms with E-state index < -0.39 is 17.8 Å². The number of rotatable bonds is 2. The van der Waals surface area contributed by atoms with Gasteiger partial charge in [0.15, 0.2) is 0 Å². The molecule has 2 N–H and O–H groups in total. The zero-order valence-corrected chi connectivity index (χ0v) is 6.62. The molecular weight excluding hydrogens is 159 g/mol. The SMILES string of the molecule is CC(C(N)=O)c1ccnc(F)c1. The molecule has 1 atom stereocenters. The van der Waals surface area contributed by atoms with E-state index in [1.54, 1.807) is 13.0 Å². The van der Waals surface area contributed by atoms with Crippen molar-refractivity contribution in [2.24, 2.45) is 5.73 Å². The fourth-order valence-corrected chi connectivity index (χ4v) is 0.851. The van der Waals surface area contributed by atoms with E-state index in [1.165, 1.54) is 12.3 Å². The van der Waals surface area contributed by atoms with Gasteiger partial charge in [0, 0.05) is 6.20 Å². The van der Waals surface area contributed by atoms with Crippen molar-refractivity contribution in [2.45, 2.75) is 12.8 Å². The van der Waals surface area contributed by atoms with E-state index in [2.05, 4.69) is 4.98 Å². The van der Waals surface area contributed by atoms with Crippen molar-refractivity contribution in [1.82, 2.24) is 4.98 Å². The largest absolute Gasteiger partial charge is 0.369 e. The van der Waals surface area contributed by atoms with Gasteiger partial charge in [0.25, 0.3) is 0 Å². The van der Waals surface area contributed by atoms with Crippen molar-refractivity contribution in [3.63, 3.8) is 0 Å². The molecule has 64 valence electrons. The average molecular weight is 168 g/mol. The van der Waals surface area contributed by atoms with Gasteiger partial charge in [-0.15, -0.1) is 0 Å². The lowest BCUT2D eigenvalue weighted by molar-refractivity contribution is -0.119. The number of aromatic nitrogens is 1. The molecule has 0 saturated heterocycles. The zero-order valence-electron chi connectivity index (χ0n) is 6.62. The van der Waals surface area contributed by atoms with Crippen molar-refractivity contribution < 1.29 is 9.18 Å². The van der Waals surface area contributed by atoms with Crippen LogP contribution in [-0.4, -0.2) is 10.9 Å². The number of pyridine rings is 1. The van der Waals surface area contributed by atoms with Gasteiger partial charge in [-0.3, -0.25) is 4.79 Å². The first-order chi connectivity index (χ1) is 5.61. The number of nitrogens with two attached hydrogens (primary N) is 1. The normalized spacial score (nSPS) is 12.5. The van der Waals surface area contributed by atoms with Crippen LogP contribution >= 0.6 is 0 Å². The Morgan fingerprint density at radius 1 is 1.75 bits per heavy atom. The average Bonchev–Trinajstić information content (AvgIpc) is 2.03. The number of primary amides is 1. The van der Waals surface area contributed by atoms with E-state index in [0.717, 1.165) is 0 Å². The molecule has 0 radical (unpaired) electrons. The molecule has 1 amide bonds. The molecule has 0 saturated carbocycles. The Hall–Kier alpha value is -1.45. The monoisotopic (exact) mass is 168 g/mol. The minimum atomic E-state index is -0.597.